The number of fused-ring (bicyclic) bond motifs is 39. The van der Waals surface area contributed by atoms with Crippen molar-refractivity contribution in [1.82, 2.24) is 48.2 Å². The molecular weight excluding hydrogens is 1780 g/mol. The minimum atomic E-state index is -0.254. The summed E-state index contributed by atoms with van der Waals surface area (Å²) in [6.07, 6.45) is 0. The van der Waals surface area contributed by atoms with Crippen LogP contribution in [0.25, 0.3) is 265 Å². The quantitative estimate of drug-likeness (QED) is 0.156. The van der Waals surface area contributed by atoms with Crippen LogP contribution in [0.3, 0.4) is 0 Å². The molecule has 146 heavy (non-hydrogen) atoms. The van der Waals surface area contributed by atoms with Crippen LogP contribution >= 0.6 is 0 Å². The summed E-state index contributed by atoms with van der Waals surface area (Å²) in [5.74, 6) is 2.18. The molecule has 3 aliphatic rings. The van der Waals surface area contributed by atoms with Crippen molar-refractivity contribution in [3.05, 3.63) is 470 Å². The molecule has 8 aromatic heterocycles. The van der Waals surface area contributed by atoms with Crippen molar-refractivity contribution in [3.63, 3.8) is 0 Å². The van der Waals surface area contributed by atoms with Crippen LogP contribution in [-0.2, 0) is 16.2 Å². The maximum atomic E-state index is 6.56. The molecule has 0 saturated heterocycles. The molecule has 8 heterocycles. The fraction of sp³-hybridized carbons (Fsp3) is 0.0667. The number of nitrogens with zero attached hydrogens (tertiary/aromatic N) is 10. The molecule has 21 aromatic carbocycles. The van der Waals surface area contributed by atoms with E-state index in [1.165, 1.54) is 164 Å². The second-order valence-corrected chi connectivity index (χ2v) is 40.9. The predicted octanol–water partition coefficient (Wildman–Crippen LogP) is 34.6. The number of para-hydroxylation sites is 11. The van der Waals surface area contributed by atoms with E-state index in [9.17, 15) is 0 Å². The Balaban J connectivity index is 0.000000102. The van der Waals surface area contributed by atoms with Gasteiger partial charge in [0, 0.05) is 103 Å². The highest BCUT2D eigenvalue weighted by Crippen LogP contribution is 2.61. The summed E-state index contributed by atoms with van der Waals surface area (Å²) in [4.78, 5) is 32.6. The van der Waals surface area contributed by atoms with Crippen LogP contribution in [0.5, 0.6) is 0 Å². The first-order chi connectivity index (χ1) is 71.8. The highest BCUT2D eigenvalue weighted by Gasteiger charge is 2.45. The summed E-state index contributed by atoms with van der Waals surface area (Å²) in [5.41, 5.74) is 36.6. The van der Waals surface area contributed by atoms with Crippen molar-refractivity contribution in [2.45, 2.75) is 57.8 Å². The lowest BCUT2D eigenvalue weighted by Crippen LogP contribution is -2.17. The van der Waals surface area contributed by atoms with Gasteiger partial charge in [-0.1, -0.05) is 399 Å². The third-order valence-electron chi connectivity index (χ3n) is 32.0. The third-order valence-corrected chi connectivity index (χ3v) is 32.0. The topological polar surface area (TPSA) is 110 Å². The number of benzene rings is 21. The number of furan rings is 1. The van der Waals surface area contributed by atoms with Crippen LogP contribution in [0.15, 0.2) is 441 Å². The summed E-state index contributed by atoms with van der Waals surface area (Å²) in [5, 5.41) is 21.7. The van der Waals surface area contributed by atoms with Gasteiger partial charge in [0.2, 0.25) is 11.9 Å². The van der Waals surface area contributed by atoms with Crippen molar-refractivity contribution in [1.29, 1.82) is 0 Å². The van der Waals surface area contributed by atoms with E-state index < -0.39 is 0 Å². The Hall–Kier alpha value is -18.6. The standard InChI is InChI=1S/C51H34N4.C45H29N3O.C39H27N3/c1-51(2)40-24-12-8-21-37(40)45-35-19-6-7-20-36(35)46-39-23-11-15-27-43(39)55(49(46)47(45)51)50-52-41-25-13-9-22-38(41)48(53-50)31-28-29-34-33-18-10-14-26-42(33)54(44(34)30-31)32-16-4-3-5-17-32;1-45(2)34-22-9-5-17-30(34)38-27-15-3-4-16-28(27)39-32-19-7-11-24-36(32)48(42(39)40(38)45)44-46-35-23-10-6-18-31(35)41(47-44)33-21-13-20-29-26-14-8-12-25-37(26)49-43(29)33;1-39(2)29-20-10-8-18-27(29)33-25-16-6-7-17-26(25)34-28-19-9-13-23-32(28)42(37(34)35(33)39)38-36(24-14-4-3-5-15-24)40-30-21-11-12-22-31(30)41-38/h3-30H,1-2H3;3-25H,1-2H3;3-23H,1-2H3. The minimum Gasteiger partial charge on any atom is -0.455 e. The van der Waals surface area contributed by atoms with Gasteiger partial charge in [-0.05, 0) is 178 Å². The summed E-state index contributed by atoms with van der Waals surface area (Å²) < 4.78 is 16.0. The normalized spacial score (nSPS) is 13.6. The van der Waals surface area contributed by atoms with Crippen LogP contribution in [0, 0.1) is 0 Å². The number of rotatable bonds is 7. The molecule has 0 amide bonds. The molecule has 0 saturated carbocycles. The Morgan fingerprint density at radius 1 is 0.212 bits per heavy atom. The van der Waals surface area contributed by atoms with E-state index in [0.29, 0.717) is 11.9 Å². The second kappa shape index (κ2) is 31.2. The Morgan fingerprint density at radius 2 is 0.562 bits per heavy atom. The summed E-state index contributed by atoms with van der Waals surface area (Å²) in [6, 6.07) is 156. The van der Waals surface area contributed by atoms with E-state index in [2.05, 4.69) is 472 Å². The Kier molecular flexibility index (Phi) is 17.8. The zero-order valence-corrected chi connectivity index (χ0v) is 80.9. The lowest BCUT2D eigenvalue weighted by molar-refractivity contribution is 0.663. The SMILES string of the molecule is CC1(C)c2ccccc2-c2c1c1c(c3ccccc23)c2ccccc2n1-c1nc(-c2ccc3c4ccccc4n(-c4ccccc4)c3c2)c2ccccc2n1.CC1(C)c2ccccc2-c2c1c1c(c3ccccc23)c2ccccc2n1-c1nc(-c2cccc3c2oc2ccccc23)c2ccccc2n1.CC1(C)c2ccccc2-c2c1c1c(c3ccccc23)c2ccccc2n1-c1nc2ccccc2nc1-c1ccccc1. The molecule has 0 atom stereocenters. The molecule has 0 spiro atoms. The number of hydrogen-bond acceptors (Lipinski definition) is 7. The molecule has 29 aromatic rings. The van der Waals surface area contributed by atoms with Crippen LogP contribution < -0.4 is 0 Å². The highest BCUT2D eigenvalue weighted by atomic mass is 16.3. The van der Waals surface area contributed by atoms with Crippen molar-refractivity contribution in [2.24, 2.45) is 0 Å². The van der Waals surface area contributed by atoms with E-state index in [0.717, 1.165) is 122 Å². The molecule has 0 radical (unpaired) electrons. The van der Waals surface area contributed by atoms with E-state index in [1.807, 2.05) is 24.3 Å². The minimum absolute atomic E-state index is 0.211. The molecule has 0 fully saturated rings. The Labute approximate surface area is 839 Å². The fourth-order valence-corrected chi connectivity index (χ4v) is 25.8. The van der Waals surface area contributed by atoms with Gasteiger partial charge in [-0.15, -0.1) is 0 Å². The van der Waals surface area contributed by atoms with Crippen LogP contribution in [0.2, 0.25) is 0 Å². The number of aromatic nitrogens is 10. The maximum absolute atomic E-state index is 6.56. The van der Waals surface area contributed by atoms with Gasteiger partial charge in [0.25, 0.3) is 0 Å². The lowest BCUT2D eigenvalue weighted by Gasteiger charge is -2.24. The van der Waals surface area contributed by atoms with Gasteiger partial charge < -0.3 is 8.98 Å². The van der Waals surface area contributed by atoms with E-state index >= 15 is 0 Å². The Morgan fingerprint density at radius 3 is 1.06 bits per heavy atom. The monoisotopic (exact) mass is 1870 g/mol. The summed E-state index contributed by atoms with van der Waals surface area (Å²) >= 11 is 0. The summed E-state index contributed by atoms with van der Waals surface area (Å²) in [7, 11) is 0. The van der Waals surface area contributed by atoms with E-state index in [4.69, 9.17) is 34.3 Å². The van der Waals surface area contributed by atoms with Gasteiger partial charge in [-0.3, -0.25) is 13.7 Å². The van der Waals surface area contributed by atoms with Gasteiger partial charge in [0.15, 0.2) is 5.82 Å². The fourth-order valence-electron chi connectivity index (χ4n) is 25.8. The van der Waals surface area contributed by atoms with Crippen molar-refractivity contribution >= 4 is 174 Å². The Bertz CT molecular complexity index is 10700. The molecule has 11 nitrogen and oxygen atoms in total. The molecular formula is C135H90N10O. The first kappa shape index (κ1) is 83.2. The molecule has 0 bridgehead atoms. The van der Waals surface area contributed by atoms with E-state index in [-0.39, 0.29) is 16.2 Å². The van der Waals surface area contributed by atoms with Gasteiger partial charge in [0.1, 0.15) is 16.9 Å². The first-order valence-corrected chi connectivity index (χ1v) is 50.4. The summed E-state index contributed by atoms with van der Waals surface area (Å²) in [6.45, 7) is 14.2. The van der Waals surface area contributed by atoms with Crippen LogP contribution in [-0.4, -0.2) is 48.2 Å². The smallest absolute Gasteiger partial charge is 0.235 e. The van der Waals surface area contributed by atoms with Gasteiger partial charge in [-0.25, -0.2) is 29.9 Å². The van der Waals surface area contributed by atoms with Crippen LogP contribution in [0.4, 0.5) is 0 Å². The highest BCUT2D eigenvalue weighted by molar-refractivity contribution is 6.31. The van der Waals surface area contributed by atoms with Crippen molar-refractivity contribution in [2.75, 3.05) is 0 Å². The van der Waals surface area contributed by atoms with E-state index in [1.54, 1.807) is 0 Å². The molecule has 686 valence electrons. The second-order valence-electron chi connectivity index (χ2n) is 40.9. The number of hydrogen-bond donors (Lipinski definition) is 0. The van der Waals surface area contributed by atoms with Crippen molar-refractivity contribution in [3.8, 4) is 90.6 Å². The van der Waals surface area contributed by atoms with Gasteiger partial charge in [-0.2, -0.15) is 0 Å². The molecule has 0 N–H and O–H groups in total. The predicted molar refractivity (Wildman–Crippen MR) is 605 cm³/mol. The largest absolute Gasteiger partial charge is 0.455 e. The molecule has 32 rings (SSSR count). The van der Waals surface area contributed by atoms with Crippen LogP contribution in [0.1, 0.15) is 74.9 Å². The van der Waals surface area contributed by atoms with Gasteiger partial charge >= 0.3 is 0 Å². The molecule has 0 aliphatic heterocycles. The lowest BCUT2D eigenvalue weighted by atomic mass is 9.80. The molecule has 11 heteroatoms. The van der Waals surface area contributed by atoms with Gasteiger partial charge in [0.05, 0.1) is 77.6 Å². The molecule has 0 unspecified atom stereocenters. The third kappa shape index (κ3) is 11.8. The average Bonchev–Trinajstić information content (AvgIpc) is 1.53. The zero-order chi connectivity index (χ0) is 96.8. The molecule has 3 aliphatic carbocycles. The average molecular weight is 1870 g/mol. The zero-order valence-electron chi connectivity index (χ0n) is 80.9. The van der Waals surface area contributed by atoms with Crippen molar-refractivity contribution < 1.29 is 4.42 Å². The maximum Gasteiger partial charge on any atom is 0.235 e. The first-order valence-electron chi connectivity index (χ1n) is 50.4.